The molecule has 0 saturated heterocycles. The number of H-pyrrole nitrogens is 1. The number of rotatable bonds is 4. The molecule has 0 radical (unpaired) electrons. The third-order valence-electron chi connectivity index (χ3n) is 2.37. The van der Waals surface area contributed by atoms with Crippen LogP contribution in [0.25, 0.3) is 0 Å². The molecule has 1 aromatic carbocycles. The van der Waals surface area contributed by atoms with Gasteiger partial charge in [-0.15, -0.1) is 0 Å². The van der Waals surface area contributed by atoms with Gasteiger partial charge in [0.05, 0.1) is 11.5 Å². The monoisotopic (exact) mass is 324 g/mol. The molecule has 0 spiro atoms. The molecule has 2 aromatic rings. The highest BCUT2D eigenvalue weighted by molar-refractivity contribution is 9.10. The third-order valence-corrected chi connectivity index (χ3v) is 2.87. The number of nitrogens with zero attached hydrogens (tertiary/aromatic N) is 2. The van der Waals surface area contributed by atoms with Crippen molar-refractivity contribution in [3.8, 4) is 0 Å². The fourth-order valence-corrected chi connectivity index (χ4v) is 1.85. The Hall–Kier alpha value is -2.22. The maximum absolute atomic E-state index is 11.9. The Bertz CT molecular complexity index is 612. The van der Waals surface area contributed by atoms with Crippen LogP contribution in [0.3, 0.4) is 0 Å². The molecule has 19 heavy (non-hydrogen) atoms. The van der Waals surface area contributed by atoms with E-state index in [1.807, 2.05) is 0 Å². The lowest BCUT2D eigenvalue weighted by molar-refractivity contribution is -0.385. The van der Waals surface area contributed by atoms with Crippen molar-refractivity contribution >= 4 is 27.5 Å². The number of amides is 1. The molecule has 0 aliphatic rings. The molecule has 98 valence electrons. The SMILES string of the molecule is O=C(NCc1ncc[nH]1)c1ccc(Br)cc1[N+](=O)[O-]. The molecule has 1 amide bonds. The average Bonchev–Trinajstić information content (AvgIpc) is 2.88. The maximum Gasteiger partial charge on any atom is 0.283 e. The van der Waals surface area contributed by atoms with E-state index in [0.717, 1.165) is 0 Å². The van der Waals surface area contributed by atoms with Crippen LogP contribution < -0.4 is 5.32 Å². The summed E-state index contributed by atoms with van der Waals surface area (Å²) in [7, 11) is 0. The average molecular weight is 325 g/mol. The minimum absolute atomic E-state index is 0.0137. The topological polar surface area (TPSA) is 101 Å². The van der Waals surface area contributed by atoms with E-state index in [1.54, 1.807) is 18.5 Å². The van der Waals surface area contributed by atoms with Gasteiger partial charge in [0.25, 0.3) is 11.6 Å². The largest absolute Gasteiger partial charge is 0.347 e. The summed E-state index contributed by atoms with van der Waals surface area (Å²) in [6.45, 7) is 0.180. The molecule has 0 atom stereocenters. The predicted octanol–water partition coefficient (Wildman–Crippen LogP) is 2.01. The molecular formula is C11H9BrN4O3. The van der Waals surface area contributed by atoms with Crippen LogP contribution in [0.2, 0.25) is 0 Å². The summed E-state index contributed by atoms with van der Waals surface area (Å²) in [5.41, 5.74) is -0.230. The molecule has 0 fully saturated rings. The van der Waals surface area contributed by atoms with Crippen LogP contribution >= 0.6 is 15.9 Å². The molecule has 1 aromatic heterocycles. The molecule has 1 heterocycles. The van der Waals surface area contributed by atoms with Crippen LogP contribution in [-0.4, -0.2) is 20.8 Å². The van der Waals surface area contributed by atoms with E-state index in [1.165, 1.54) is 12.1 Å². The van der Waals surface area contributed by atoms with E-state index >= 15 is 0 Å². The maximum atomic E-state index is 11.9. The van der Waals surface area contributed by atoms with Gasteiger partial charge >= 0.3 is 0 Å². The first-order valence-electron chi connectivity index (χ1n) is 5.28. The van der Waals surface area contributed by atoms with Crippen LogP contribution in [0.15, 0.2) is 35.1 Å². The number of imidazole rings is 1. The lowest BCUT2D eigenvalue weighted by Gasteiger charge is -2.04. The number of nitro groups is 1. The summed E-state index contributed by atoms with van der Waals surface area (Å²) in [4.78, 5) is 29.0. The molecule has 2 N–H and O–H groups in total. The van der Waals surface area contributed by atoms with E-state index in [2.05, 4.69) is 31.2 Å². The highest BCUT2D eigenvalue weighted by Crippen LogP contribution is 2.23. The lowest BCUT2D eigenvalue weighted by Crippen LogP contribution is -2.24. The predicted molar refractivity (Wildman–Crippen MR) is 70.6 cm³/mol. The fourth-order valence-electron chi connectivity index (χ4n) is 1.50. The minimum Gasteiger partial charge on any atom is -0.347 e. The zero-order valence-electron chi connectivity index (χ0n) is 9.59. The number of hydrogen-bond donors (Lipinski definition) is 2. The Morgan fingerprint density at radius 2 is 2.32 bits per heavy atom. The van der Waals surface area contributed by atoms with Gasteiger partial charge in [-0.3, -0.25) is 14.9 Å². The van der Waals surface area contributed by atoms with Crippen molar-refractivity contribution < 1.29 is 9.72 Å². The third kappa shape index (κ3) is 3.16. The van der Waals surface area contributed by atoms with Gasteiger partial charge < -0.3 is 10.3 Å². The Morgan fingerprint density at radius 1 is 1.53 bits per heavy atom. The number of halogens is 1. The molecule has 0 aliphatic heterocycles. The Balaban J connectivity index is 2.16. The molecule has 0 bridgehead atoms. The van der Waals surface area contributed by atoms with E-state index in [4.69, 9.17) is 0 Å². The number of nitrogens with one attached hydrogen (secondary N) is 2. The van der Waals surface area contributed by atoms with Crippen LogP contribution in [-0.2, 0) is 6.54 Å². The zero-order valence-corrected chi connectivity index (χ0v) is 11.2. The normalized spacial score (nSPS) is 10.2. The zero-order chi connectivity index (χ0) is 13.8. The first kappa shape index (κ1) is 13.2. The van der Waals surface area contributed by atoms with Crippen molar-refractivity contribution in [2.75, 3.05) is 0 Å². The highest BCUT2D eigenvalue weighted by atomic mass is 79.9. The van der Waals surface area contributed by atoms with E-state index in [9.17, 15) is 14.9 Å². The number of benzene rings is 1. The number of carbonyl (C=O) groups excluding carboxylic acids is 1. The highest BCUT2D eigenvalue weighted by Gasteiger charge is 2.20. The Morgan fingerprint density at radius 3 is 2.95 bits per heavy atom. The van der Waals surface area contributed by atoms with E-state index in [-0.39, 0.29) is 17.8 Å². The van der Waals surface area contributed by atoms with Crippen molar-refractivity contribution in [2.45, 2.75) is 6.54 Å². The number of nitro benzene ring substituents is 1. The fraction of sp³-hybridized carbons (Fsp3) is 0.0909. The summed E-state index contributed by atoms with van der Waals surface area (Å²) in [6.07, 6.45) is 3.19. The van der Waals surface area contributed by atoms with Crippen molar-refractivity contribution in [1.82, 2.24) is 15.3 Å². The Labute approximate surface area is 116 Å². The van der Waals surface area contributed by atoms with Crippen LogP contribution in [0, 0.1) is 10.1 Å². The molecule has 7 nitrogen and oxygen atoms in total. The number of aromatic amines is 1. The quantitative estimate of drug-likeness (QED) is 0.663. The molecule has 0 saturated carbocycles. The first-order valence-corrected chi connectivity index (χ1v) is 6.07. The summed E-state index contributed by atoms with van der Waals surface area (Å²) >= 11 is 3.13. The second kappa shape index (κ2) is 5.61. The number of aromatic nitrogens is 2. The second-order valence-corrected chi connectivity index (χ2v) is 4.55. The molecular weight excluding hydrogens is 316 g/mol. The van der Waals surface area contributed by atoms with Crippen molar-refractivity contribution in [1.29, 1.82) is 0 Å². The van der Waals surface area contributed by atoms with Gasteiger partial charge in [-0.05, 0) is 12.1 Å². The van der Waals surface area contributed by atoms with Crippen molar-refractivity contribution in [3.63, 3.8) is 0 Å². The van der Waals surface area contributed by atoms with Gasteiger partial charge in [0, 0.05) is 22.9 Å². The van der Waals surface area contributed by atoms with Crippen LogP contribution in [0.1, 0.15) is 16.2 Å². The van der Waals surface area contributed by atoms with Gasteiger partial charge in [-0.25, -0.2) is 4.98 Å². The number of carbonyl (C=O) groups is 1. The van der Waals surface area contributed by atoms with E-state index < -0.39 is 10.8 Å². The Kier molecular flexibility index (Phi) is 3.91. The number of hydrogen-bond acceptors (Lipinski definition) is 4. The standard InChI is InChI=1S/C11H9BrN4O3/c12-7-1-2-8(9(5-7)16(18)19)11(17)15-6-10-13-3-4-14-10/h1-5H,6H2,(H,13,14)(H,15,17). The second-order valence-electron chi connectivity index (χ2n) is 3.64. The van der Waals surface area contributed by atoms with Gasteiger partial charge in [0.2, 0.25) is 0 Å². The van der Waals surface area contributed by atoms with Crippen molar-refractivity contribution in [2.24, 2.45) is 0 Å². The summed E-state index contributed by atoms with van der Waals surface area (Å²) in [6, 6.07) is 4.27. The molecule has 2 rings (SSSR count). The molecule has 0 aliphatic carbocycles. The van der Waals surface area contributed by atoms with E-state index in [0.29, 0.717) is 10.3 Å². The van der Waals surface area contributed by atoms with Crippen LogP contribution in [0.4, 0.5) is 5.69 Å². The van der Waals surface area contributed by atoms with Gasteiger partial charge in [-0.2, -0.15) is 0 Å². The summed E-state index contributed by atoms with van der Waals surface area (Å²) < 4.78 is 0.543. The summed E-state index contributed by atoms with van der Waals surface area (Å²) in [5.74, 6) is 0.0590. The van der Waals surface area contributed by atoms with Gasteiger partial charge in [0.15, 0.2) is 0 Å². The molecule has 0 unspecified atom stereocenters. The minimum atomic E-state index is -0.591. The van der Waals surface area contributed by atoms with Crippen LogP contribution in [0.5, 0.6) is 0 Å². The smallest absolute Gasteiger partial charge is 0.283 e. The first-order chi connectivity index (χ1) is 9.08. The van der Waals surface area contributed by atoms with Gasteiger partial charge in [-0.1, -0.05) is 15.9 Å². The summed E-state index contributed by atoms with van der Waals surface area (Å²) in [5, 5.41) is 13.5. The molecule has 8 heteroatoms. The van der Waals surface area contributed by atoms with Crippen molar-refractivity contribution in [3.05, 3.63) is 56.6 Å². The van der Waals surface area contributed by atoms with Gasteiger partial charge in [0.1, 0.15) is 11.4 Å². The lowest BCUT2D eigenvalue weighted by atomic mass is 10.1.